The summed E-state index contributed by atoms with van der Waals surface area (Å²) in [5, 5.41) is 12.5. The highest BCUT2D eigenvalue weighted by Crippen LogP contribution is 2.35. The summed E-state index contributed by atoms with van der Waals surface area (Å²) in [6.45, 7) is 1.54. The van der Waals surface area contributed by atoms with Crippen LogP contribution in [0.1, 0.15) is 17.7 Å². The van der Waals surface area contributed by atoms with Crippen molar-refractivity contribution in [2.24, 2.45) is 0 Å². The third kappa shape index (κ3) is 1.42. The van der Waals surface area contributed by atoms with Gasteiger partial charge in [0.2, 0.25) is 0 Å². The SMILES string of the molecule is O=C(O)C1(c2ccns2)CCNCC1. The molecule has 2 heterocycles. The van der Waals surface area contributed by atoms with Crippen molar-refractivity contribution in [3.8, 4) is 0 Å². The second-order valence-electron chi connectivity index (χ2n) is 3.51. The summed E-state index contributed by atoms with van der Waals surface area (Å²) in [6.07, 6.45) is 2.99. The van der Waals surface area contributed by atoms with E-state index in [9.17, 15) is 9.90 Å². The Balaban J connectivity index is 2.35. The van der Waals surface area contributed by atoms with E-state index in [1.54, 1.807) is 6.20 Å². The highest BCUT2D eigenvalue weighted by atomic mass is 32.1. The molecule has 0 spiro atoms. The van der Waals surface area contributed by atoms with Gasteiger partial charge in [-0.3, -0.25) is 4.79 Å². The number of nitrogens with one attached hydrogen (secondary N) is 1. The van der Waals surface area contributed by atoms with Crippen molar-refractivity contribution in [1.82, 2.24) is 9.69 Å². The Morgan fingerprint density at radius 1 is 1.57 bits per heavy atom. The highest BCUT2D eigenvalue weighted by molar-refractivity contribution is 7.06. The normalized spacial score (nSPS) is 20.6. The monoisotopic (exact) mass is 212 g/mol. The van der Waals surface area contributed by atoms with Gasteiger partial charge in [-0.25, -0.2) is 4.37 Å². The van der Waals surface area contributed by atoms with Gasteiger partial charge in [-0.2, -0.15) is 0 Å². The third-order valence-corrected chi connectivity index (χ3v) is 3.73. The van der Waals surface area contributed by atoms with Crippen LogP contribution < -0.4 is 5.32 Å². The first-order chi connectivity index (χ1) is 6.76. The van der Waals surface area contributed by atoms with Gasteiger partial charge in [-0.1, -0.05) is 0 Å². The number of nitrogens with zero attached hydrogens (tertiary/aromatic N) is 1. The van der Waals surface area contributed by atoms with Crippen LogP contribution in [0.15, 0.2) is 12.3 Å². The van der Waals surface area contributed by atoms with Crippen LogP contribution in [0.25, 0.3) is 0 Å². The molecule has 1 aromatic heterocycles. The summed E-state index contributed by atoms with van der Waals surface area (Å²) < 4.78 is 3.98. The van der Waals surface area contributed by atoms with Gasteiger partial charge in [0.1, 0.15) is 5.41 Å². The molecule has 0 aromatic carbocycles. The lowest BCUT2D eigenvalue weighted by Gasteiger charge is -2.32. The van der Waals surface area contributed by atoms with Crippen molar-refractivity contribution in [2.75, 3.05) is 13.1 Å². The molecule has 0 saturated carbocycles. The molecule has 0 radical (unpaired) electrons. The van der Waals surface area contributed by atoms with Crippen molar-refractivity contribution < 1.29 is 9.90 Å². The van der Waals surface area contributed by atoms with E-state index < -0.39 is 11.4 Å². The largest absolute Gasteiger partial charge is 0.481 e. The van der Waals surface area contributed by atoms with Gasteiger partial charge in [0, 0.05) is 11.1 Å². The lowest BCUT2D eigenvalue weighted by atomic mass is 9.78. The van der Waals surface area contributed by atoms with Crippen molar-refractivity contribution in [1.29, 1.82) is 0 Å². The predicted molar refractivity (Wildman–Crippen MR) is 53.5 cm³/mol. The predicted octanol–water partition coefficient (Wildman–Crippen LogP) is 0.849. The summed E-state index contributed by atoms with van der Waals surface area (Å²) in [4.78, 5) is 12.2. The first-order valence-electron chi connectivity index (χ1n) is 4.61. The second kappa shape index (κ2) is 3.67. The van der Waals surface area contributed by atoms with Crippen LogP contribution in [-0.2, 0) is 10.2 Å². The number of hydrogen-bond acceptors (Lipinski definition) is 4. The molecule has 1 aliphatic rings. The molecule has 5 heteroatoms. The molecule has 4 nitrogen and oxygen atoms in total. The summed E-state index contributed by atoms with van der Waals surface area (Å²) >= 11 is 1.30. The molecule has 76 valence electrons. The van der Waals surface area contributed by atoms with Crippen LogP contribution >= 0.6 is 11.5 Å². The van der Waals surface area contributed by atoms with Crippen molar-refractivity contribution >= 4 is 17.5 Å². The maximum Gasteiger partial charge on any atom is 0.315 e. The fourth-order valence-corrected chi connectivity index (χ4v) is 2.71. The van der Waals surface area contributed by atoms with E-state index in [-0.39, 0.29) is 0 Å². The van der Waals surface area contributed by atoms with Crippen LogP contribution in [-0.4, -0.2) is 28.5 Å². The summed E-state index contributed by atoms with van der Waals surface area (Å²) in [6, 6.07) is 1.82. The second-order valence-corrected chi connectivity index (χ2v) is 4.35. The number of rotatable bonds is 2. The van der Waals surface area contributed by atoms with Crippen LogP contribution in [0.4, 0.5) is 0 Å². The number of hydrogen-bond donors (Lipinski definition) is 2. The minimum atomic E-state index is -0.719. The molecule has 2 rings (SSSR count). The zero-order valence-corrected chi connectivity index (χ0v) is 8.51. The van der Waals surface area contributed by atoms with Crippen molar-refractivity contribution in [2.45, 2.75) is 18.3 Å². The van der Waals surface area contributed by atoms with Crippen LogP contribution in [0, 0.1) is 0 Å². The van der Waals surface area contributed by atoms with E-state index in [1.165, 1.54) is 11.5 Å². The number of piperidine rings is 1. The first-order valence-corrected chi connectivity index (χ1v) is 5.38. The van der Waals surface area contributed by atoms with E-state index in [2.05, 4.69) is 9.69 Å². The number of aliphatic carboxylic acids is 1. The van der Waals surface area contributed by atoms with E-state index in [0.29, 0.717) is 12.8 Å². The van der Waals surface area contributed by atoms with Crippen LogP contribution in [0.5, 0.6) is 0 Å². The Hall–Kier alpha value is -0.940. The minimum absolute atomic E-state index is 0.657. The van der Waals surface area contributed by atoms with Gasteiger partial charge < -0.3 is 10.4 Å². The lowest BCUT2D eigenvalue weighted by molar-refractivity contribution is -0.144. The third-order valence-electron chi connectivity index (χ3n) is 2.78. The molecule has 1 saturated heterocycles. The molecule has 14 heavy (non-hydrogen) atoms. The quantitative estimate of drug-likeness (QED) is 0.763. The Bertz CT molecular complexity index is 318. The average Bonchev–Trinajstić information content (AvgIpc) is 2.72. The van der Waals surface area contributed by atoms with Gasteiger partial charge >= 0.3 is 5.97 Å². The average molecular weight is 212 g/mol. The molecular formula is C9H12N2O2S. The molecule has 2 N–H and O–H groups in total. The van der Waals surface area contributed by atoms with Gasteiger partial charge in [-0.05, 0) is 43.5 Å². The van der Waals surface area contributed by atoms with Gasteiger partial charge in [0.05, 0.1) is 0 Å². The van der Waals surface area contributed by atoms with Gasteiger partial charge in [-0.15, -0.1) is 0 Å². The zero-order valence-electron chi connectivity index (χ0n) is 7.69. The maximum atomic E-state index is 11.3. The molecular weight excluding hydrogens is 200 g/mol. The molecule has 1 aliphatic heterocycles. The zero-order chi connectivity index (χ0) is 10.0. The smallest absolute Gasteiger partial charge is 0.315 e. The number of carboxylic acid groups (broad SMARTS) is 1. The number of carboxylic acids is 1. The molecule has 0 bridgehead atoms. The fraction of sp³-hybridized carbons (Fsp3) is 0.556. The van der Waals surface area contributed by atoms with Crippen molar-refractivity contribution in [3.05, 3.63) is 17.1 Å². The molecule has 0 amide bonds. The first kappa shape index (κ1) is 9.61. The standard InChI is InChI=1S/C9H12N2O2S/c12-8(13)9(2-5-10-6-3-9)7-1-4-11-14-7/h1,4,10H,2-3,5-6H2,(H,12,13). The summed E-state index contributed by atoms with van der Waals surface area (Å²) in [5.41, 5.74) is -0.688. The van der Waals surface area contributed by atoms with E-state index in [1.807, 2.05) is 6.07 Å². The minimum Gasteiger partial charge on any atom is -0.481 e. The highest BCUT2D eigenvalue weighted by Gasteiger charge is 2.42. The number of aromatic nitrogens is 1. The molecule has 1 aromatic rings. The Kier molecular flexibility index (Phi) is 2.52. The van der Waals surface area contributed by atoms with E-state index in [0.717, 1.165) is 18.0 Å². The van der Waals surface area contributed by atoms with Crippen LogP contribution in [0.3, 0.4) is 0 Å². The van der Waals surface area contributed by atoms with Crippen LogP contribution in [0.2, 0.25) is 0 Å². The van der Waals surface area contributed by atoms with Gasteiger partial charge in [0.15, 0.2) is 0 Å². The Labute approximate surface area is 86.1 Å². The number of carbonyl (C=O) groups is 1. The molecule has 1 fully saturated rings. The Morgan fingerprint density at radius 3 is 2.79 bits per heavy atom. The fourth-order valence-electron chi connectivity index (χ4n) is 1.88. The Morgan fingerprint density at radius 2 is 2.29 bits per heavy atom. The molecule has 0 aliphatic carbocycles. The van der Waals surface area contributed by atoms with E-state index in [4.69, 9.17) is 0 Å². The van der Waals surface area contributed by atoms with E-state index >= 15 is 0 Å². The van der Waals surface area contributed by atoms with Crippen molar-refractivity contribution in [3.63, 3.8) is 0 Å². The van der Waals surface area contributed by atoms with Gasteiger partial charge in [0.25, 0.3) is 0 Å². The topological polar surface area (TPSA) is 62.2 Å². The summed E-state index contributed by atoms with van der Waals surface area (Å²) in [7, 11) is 0. The molecule has 0 atom stereocenters. The summed E-state index contributed by atoms with van der Waals surface area (Å²) in [5.74, 6) is -0.719. The molecule has 0 unspecified atom stereocenters. The lowest BCUT2D eigenvalue weighted by Crippen LogP contribution is -2.45. The maximum absolute atomic E-state index is 11.3.